The molecule has 0 aromatic heterocycles. The minimum absolute atomic E-state index is 0.0601. The van der Waals surface area contributed by atoms with Gasteiger partial charge in [-0.25, -0.2) is 0 Å². The number of halogens is 1. The zero-order valence-corrected chi connectivity index (χ0v) is 12.8. The van der Waals surface area contributed by atoms with E-state index in [4.69, 9.17) is 4.74 Å². The number of rotatable bonds is 4. The highest BCUT2D eigenvalue weighted by molar-refractivity contribution is 9.10. The molecule has 1 N–H and O–H groups in total. The molecule has 0 aliphatic carbocycles. The lowest BCUT2D eigenvalue weighted by Gasteiger charge is -2.22. The molecule has 1 unspecified atom stereocenters. The van der Waals surface area contributed by atoms with E-state index in [1.54, 1.807) is 0 Å². The van der Waals surface area contributed by atoms with Crippen LogP contribution in [0.5, 0.6) is 0 Å². The van der Waals surface area contributed by atoms with Crippen LogP contribution in [-0.4, -0.2) is 18.6 Å². The van der Waals surface area contributed by atoms with Crippen LogP contribution < -0.4 is 5.32 Å². The second-order valence-corrected chi connectivity index (χ2v) is 5.89. The van der Waals surface area contributed by atoms with Gasteiger partial charge in [0.25, 0.3) is 0 Å². The van der Waals surface area contributed by atoms with E-state index in [2.05, 4.69) is 21.2 Å². The smallest absolute Gasteiger partial charge is 0.224 e. The number of ether oxygens (including phenoxy) is 1. The maximum atomic E-state index is 11.9. The number of amides is 1. The molecular weight excluding hydrogens is 306 g/mol. The first-order valence-corrected chi connectivity index (χ1v) is 7.62. The first kappa shape index (κ1) is 14.5. The number of carbonyl (C=O) groups is 1. The summed E-state index contributed by atoms with van der Waals surface area (Å²) < 4.78 is 6.64. The number of nitrogens with one attached hydrogen (secondary N) is 1. The van der Waals surface area contributed by atoms with Crippen LogP contribution in [0.3, 0.4) is 0 Å². The predicted octanol–water partition coefficient (Wildman–Crippen LogP) is 4.05. The maximum Gasteiger partial charge on any atom is 0.224 e. The molecule has 19 heavy (non-hydrogen) atoms. The van der Waals surface area contributed by atoms with Gasteiger partial charge >= 0.3 is 0 Å². The summed E-state index contributed by atoms with van der Waals surface area (Å²) in [5, 5.41) is 2.93. The van der Waals surface area contributed by atoms with E-state index in [-0.39, 0.29) is 12.0 Å². The third-order valence-corrected chi connectivity index (χ3v) is 4.28. The summed E-state index contributed by atoms with van der Waals surface area (Å²) in [6.07, 6.45) is 5.07. The Bertz CT molecular complexity index is 442. The molecule has 1 aliphatic heterocycles. The van der Waals surface area contributed by atoms with E-state index in [0.29, 0.717) is 6.42 Å². The van der Waals surface area contributed by atoms with Crippen molar-refractivity contribution in [3.8, 4) is 0 Å². The van der Waals surface area contributed by atoms with E-state index >= 15 is 0 Å². The lowest BCUT2D eigenvalue weighted by atomic mass is 10.0. The van der Waals surface area contributed by atoms with Gasteiger partial charge in [0.2, 0.25) is 5.91 Å². The van der Waals surface area contributed by atoms with E-state index in [1.165, 1.54) is 6.42 Å². The summed E-state index contributed by atoms with van der Waals surface area (Å²) in [5.41, 5.74) is 2.00. The topological polar surface area (TPSA) is 38.3 Å². The molecule has 1 aliphatic rings. The van der Waals surface area contributed by atoms with Crippen LogP contribution in [0.2, 0.25) is 0 Å². The zero-order valence-electron chi connectivity index (χ0n) is 11.2. The zero-order chi connectivity index (χ0) is 13.7. The van der Waals surface area contributed by atoms with Crippen molar-refractivity contribution in [1.82, 2.24) is 0 Å². The fraction of sp³-hybridized carbons (Fsp3) is 0.533. The summed E-state index contributed by atoms with van der Waals surface area (Å²) in [6.45, 7) is 2.87. The van der Waals surface area contributed by atoms with Crippen molar-refractivity contribution >= 4 is 27.5 Å². The van der Waals surface area contributed by atoms with Crippen molar-refractivity contribution in [2.24, 2.45) is 0 Å². The third-order valence-electron chi connectivity index (χ3n) is 3.42. The van der Waals surface area contributed by atoms with Gasteiger partial charge in [-0.3, -0.25) is 4.79 Å². The average Bonchev–Trinajstić information content (AvgIpc) is 2.42. The third kappa shape index (κ3) is 4.62. The summed E-state index contributed by atoms with van der Waals surface area (Å²) >= 11 is 3.47. The van der Waals surface area contributed by atoms with Crippen molar-refractivity contribution in [3.05, 3.63) is 28.2 Å². The van der Waals surface area contributed by atoms with Gasteiger partial charge in [0.1, 0.15) is 0 Å². The number of aryl methyl sites for hydroxylation is 1. The molecule has 1 heterocycles. The van der Waals surface area contributed by atoms with Gasteiger partial charge < -0.3 is 10.1 Å². The predicted molar refractivity (Wildman–Crippen MR) is 80.3 cm³/mol. The molecule has 3 nitrogen and oxygen atoms in total. The van der Waals surface area contributed by atoms with Crippen LogP contribution in [0.1, 0.15) is 37.7 Å². The first-order valence-electron chi connectivity index (χ1n) is 6.83. The van der Waals surface area contributed by atoms with Gasteiger partial charge in [-0.05, 0) is 50.3 Å². The lowest BCUT2D eigenvalue weighted by molar-refractivity contribution is -0.117. The molecule has 104 valence electrons. The Hall–Kier alpha value is -0.870. The molecule has 4 heteroatoms. The van der Waals surface area contributed by atoms with Gasteiger partial charge in [-0.2, -0.15) is 0 Å². The quantitative estimate of drug-likeness (QED) is 0.907. The summed E-state index contributed by atoms with van der Waals surface area (Å²) in [6, 6.07) is 5.85. The minimum atomic E-state index is 0.0601. The largest absolute Gasteiger partial charge is 0.378 e. The highest BCUT2D eigenvalue weighted by Crippen LogP contribution is 2.21. The molecule has 2 rings (SSSR count). The highest BCUT2D eigenvalue weighted by Gasteiger charge is 2.15. The SMILES string of the molecule is Cc1ccc(NC(=O)CCC2CCCCO2)cc1Br. The van der Waals surface area contributed by atoms with Crippen molar-refractivity contribution in [2.45, 2.75) is 45.1 Å². The standard InChI is InChI=1S/C15H20BrNO2/c1-11-5-6-12(10-14(11)16)17-15(18)8-7-13-4-2-3-9-19-13/h5-6,10,13H,2-4,7-9H2,1H3,(H,17,18). The lowest BCUT2D eigenvalue weighted by Crippen LogP contribution is -2.21. The second kappa shape index (κ2) is 7.06. The monoisotopic (exact) mass is 325 g/mol. The second-order valence-electron chi connectivity index (χ2n) is 5.04. The maximum absolute atomic E-state index is 11.9. The Morgan fingerprint density at radius 3 is 3.00 bits per heavy atom. The summed E-state index contributed by atoms with van der Waals surface area (Å²) in [4.78, 5) is 11.9. The summed E-state index contributed by atoms with van der Waals surface area (Å²) in [5.74, 6) is 0.0601. The molecule has 0 radical (unpaired) electrons. The summed E-state index contributed by atoms with van der Waals surface area (Å²) in [7, 11) is 0. The van der Waals surface area contributed by atoms with E-state index in [9.17, 15) is 4.79 Å². The van der Waals surface area contributed by atoms with Crippen LogP contribution in [0.4, 0.5) is 5.69 Å². The molecule has 1 fully saturated rings. The van der Waals surface area contributed by atoms with Crippen LogP contribution in [0.25, 0.3) is 0 Å². The van der Waals surface area contributed by atoms with Crippen LogP contribution in [0.15, 0.2) is 22.7 Å². The number of anilines is 1. The van der Waals surface area contributed by atoms with Crippen molar-refractivity contribution in [2.75, 3.05) is 11.9 Å². The molecular formula is C15H20BrNO2. The minimum Gasteiger partial charge on any atom is -0.378 e. The average molecular weight is 326 g/mol. The van der Waals surface area contributed by atoms with Crippen molar-refractivity contribution in [3.63, 3.8) is 0 Å². The Labute approximate surface area is 122 Å². The van der Waals surface area contributed by atoms with Gasteiger partial charge in [0, 0.05) is 23.2 Å². The van der Waals surface area contributed by atoms with Crippen LogP contribution in [0, 0.1) is 6.92 Å². The van der Waals surface area contributed by atoms with Gasteiger partial charge in [0.15, 0.2) is 0 Å². The normalized spacial score (nSPS) is 19.2. The molecule has 0 saturated carbocycles. The number of hydrogen-bond donors (Lipinski definition) is 1. The van der Waals surface area contributed by atoms with Crippen molar-refractivity contribution in [1.29, 1.82) is 0 Å². The van der Waals surface area contributed by atoms with Crippen molar-refractivity contribution < 1.29 is 9.53 Å². The first-order chi connectivity index (χ1) is 9.15. The molecule has 1 atom stereocenters. The van der Waals surface area contributed by atoms with Crippen LogP contribution in [-0.2, 0) is 9.53 Å². The van der Waals surface area contributed by atoms with Gasteiger partial charge in [-0.15, -0.1) is 0 Å². The fourth-order valence-electron chi connectivity index (χ4n) is 2.22. The fourth-order valence-corrected chi connectivity index (χ4v) is 2.60. The Morgan fingerprint density at radius 1 is 1.47 bits per heavy atom. The molecule has 0 spiro atoms. The van der Waals surface area contributed by atoms with Crippen LogP contribution >= 0.6 is 15.9 Å². The number of carbonyl (C=O) groups excluding carboxylic acids is 1. The number of hydrogen-bond acceptors (Lipinski definition) is 2. The Morgan fingerprint density at radius 2 is 2.32 bits per heavy atom. The van der Waals surface area contributed by atoms with E-state index in [1.807, 2.05) is 25.1 Å². The number of benzene rings is 1. The Kier molecular flexibility index (Phi) is 5.40. The molecule has 1 amide bonds. The van der Waals surface area contributed by atoms with E-state index in [0.717, 1.165) is 41.6 Å². The molecule has 0 bridgehead atoms. The van der Waals surface area contributed by atoms with Gasteiger partial charge in [0.05, 0.1) is 6.10 Å². The molecule has 1 saturated heterocycles. The molecule has 1 aromatic rings. The highest BCUT2D eigenvalue weighted by atomic mass is 79.9. The van der Waals surface area contributed by atoms with E-state index < -0.39 is 0 Å². The van der Waals surface area contributed by atoms with Gasteiger partial charge in [-0.1, -0.05) is 22.0 Å². The molecule has 1 aromatic carbocycles. The Balaban J connectivity index is 1.78.